The average Bonchev–Trinajstić information content (AvgIpc) is 2.76. The second kappa shape index (κ2) is 6.66. The van der Waals surface area contributed by atoms with Gasteiger partial charge in [0.25, 0.3) is 0 Å². The Kier molecular flexibility index (Phi) is 4.90. The summed E-state index contributed by atoms with van der Waals surface area (Å²) in [5, 5.41) is 0. The van der Waals surface area contributed by atoms with Crippen molar-refractivity contribution >= 4 is 11.8 Å². The van der Waals surface area contributed by atoms with Gasteiger partial charge in [-0.05, 0) is 38.2 Å². The van der Waals surface area contributed by atoms with Crippen LogP contribution in [0.15, 0.2) is 51.8 Å². The van der Waals surface area contributed by atoms with Gasteiger partial charge in [-0.3, -0.25) is 4.90 Å². The van der Waals surface area contributed by atoms with Gasteiger partial charge in [0.05, 0.1) is 6.54 Å². The van der Waals surface area contributed by atoms with Gasteiger partial charge >= 0.3 is 0 Å². The van der Waals surface area contributed by atoms with Crippen LogP contribution in [0.3, 0.4) is 0 Å². The molecular formula is C15H19NOS. The summed E-state index contributed by atoms with van der Waals surface area (Å²) in [6.45, 7) is 3.91. The molecule has 0 radical (unpaired) electrons. The van der Waals surface area contributed by atoms with Crippen molar-refractivity contribution in [1.82, 2.24) is 4.90 Å². The molecule has 2 nitrogen and oxygen atoms in total. The lowest BCUT2D eigenvalue weighted by atomic mass is 10.4. The summed E-state index contributed by atoms with van der Waals surface area (Å²) in [6, 6.07) is 14.6. The van der Waals surface area contributed by atoms with Crippen molar-refractivity contribution in [3.63, 3.8) is 0 Å². The van der Waals surface area contributed by atoms with Crippen molar-refractivity contribution in [2.24, 2.45) is 0 Å². The minimum Gasteiger partial charge on any atom is -0.465 e. The molecule has 0 atom stereocenters. The maximum atomic E-state index is 5.57. The number of hydrogen-bond acceptors (Lipinski definition) is 3. The molecule has 1 aromatic heterocycles. The monoisotopic (exact) mass is 261 g/mol. The number of rotatable bonds is 6. The maximum Gasteiger partial charge on any atom is 0.118 e. The van der Waals surface area contributed by atoms with Crippen molar-refractivity contribution in [2.75, 3.05) is 19.3 Å². The second-order valence-corrected chi connectivity index (χ2v) is 5.58. The molecule has 0 aliphatic heterocycles. The van der Waals surface area contributed by atoms with E-state index in [1.165, 1.54) is 4.90 Å². The number of nitrogens with zero attached hydrogens (tertiary/aromatic N) is 1. The summed E-state index contributed by atoms with van der Waals surface area (Å²) in [4.78, 5) is 3.62. The lowest BCUT2D eigenvalue weighted by molar-refractivity contribution is 0.308. The Balaban J connectivity index is 1.70. The van der Waals surface area contributed by atoms with E-state index in [0.717, 1.165) is 30.4 Å². The Morgan fingerprint density at radius 2 is 1.89 bits per heavy atom. The number of thioether (sulfide) groups is 1. The van der Waals surface area contributed by atoms with Crippen LogP contribution in [-0.2, 0) is 6.54 Å². The minimum absolute atomic E-state index is 0.878. The molecule has 96 valence electrons. The van der Waals surface area contributed by atoms with Crippen LogP contribution in [0.5, 0.6) is 0 Å². The summed E-state index contributed by atoms with van der Waals surface area (Å²) < 4.78 is 5.57. The van der Waals surface area contributed by atoms with Gasteiger partial charge in [0, 0.05) is 17.2 Å². The van der Waals surface area contributed by atoms with E-state index in [2.05, 4.69) is 48.3 Å². The van der Waals surface area contributed by atoms with Crippen LogP contribution in [0, 0.1) is 6.92 Å². The van der Waals surface area contributed by atoms with Crippen molar-refractivity contribution < 1.29 is 4.42 Å². The topological polar surface area (TPSA) is 16.4 Å². The molecule has 0 unspecified atom stereocenters. The molecule has 0 aliphatic rings. The van der Waals surface area contributed by atoms with Crippen molar-refractivity contribution in [2.45, 2.75) is 18.4 Å². The first kappa shape index (κ1) is 13.2. The maximum absolute atomic E-state index is 5.57. The first-order valence-electron chi connectivity index (χ1n) is 6.16. The molecule has 2 rings (SSSR count). The van der Waals surface area contributed by atoms with Crippen LogP contribution in [-0.4, -0.2) is 24.2 Å². The second-order valence-electron chi connectivity index (χ2n) is 4.41. The van der Waals surface area contributed by atoms with Gasteiger partial charge in [0.2, 0.25) is 0 Å². The molecule has 0 bridgehead atoms. The third-order valence-electron chi connectivity index (χ3n) is 2.71. The molecule has 0 spiro atoms. The minimum atomic E-state index is 0.878. The summed E-state index contributed by atoms with van der Waals surface area (Å²) in [6.07, 6.45) is 0. The van der Waals surface area contributed by atoms with E-state index in [4.69, 9.17) is 4.42 Å². The Morgan fingerprint density at radius 3 is 2.56 bits per heavy atom. The van der Waals surface area contributed by atoms with Crippen LogP contribution in [0.4, 0.5) is 0 Å². The summed E-state index contributed by atoms with van der Waals surface area (Å²) in [5.41, 5.74) is 0. The van der Waals surface area contributed by atoms with Crippen LogP contribution in [0.1, 0.15) is 11.5 Å². The van der Waals surface area contributed by atoms with Crippen LogP contribution < -0.4 is 0 Å². The highest BCUT2D eigenvalue weighted by Crippen LogP contribution is 2.17. The molecule has 3 heteroatoms. The average molecular weight is 261 g/mol. The van der Waals surface area contributed by atoms with Crippen molar-refractivity contribution in [1.29, 1.82) is 0 Å². The van der Waals surface area contributed by atoms with Crippen molar-refractivity contribution in [3.05, 3.63) is 54.0 Å². The SMILES string of the molecule is Cc1ccc(CN(C)CCSc2ccccc2)o1. The molecule has 0 N–H and O–H groups in total. The Labute approximate surface area is 113 Å². The van der Waals surface area contributed by atoms with Crippen LogP contribution in [0.2, 0.25) is 0 Å². The summed E-state index contributed by atoms with van der Waals surface area (Å²) in [5.74, 6) is 3.12. The summed E-state index contributed by atoms with van der Waals surface area (Å²) in [7, 11) is 2.13. The zero-order chi connectivity index (χ0) is 12.8. The molecule has 18 heavy (non-hydrogen) atoms. The molecule has 1 aromatic carbocycles. The quantitative estimate of drug-likeness (QED) is 0.736. The smallest absolute Gasteiger partial charge is 0.118 e. The van der Waals surface area contributed by atoms with Crippen molar-refractivity contribution in [3.8, 4) is 0 Å². The van der Waals surface area contributed by atoms with Crippen LogP contribution in [0.25, 0.3) is 0 Å². The van der Waals surface area contributed by atoms with E-state index >= 15 is 0 Å². The number of hydrogen-bond donors (Lipinski definition) is 0. The largest absolute Gasteiger partial charge is 0.465 e. The van der Waals surface area contributed by atoms with E-state index < -0.39 is 0 Å². The standard InChI is InChI=1S/C15H19NOS/c1-13-8-9-14(17-13)12-16(2)10-11-18-15-6-4-3-5-7-15/h3-9H,10-12H2,1-2H3. The highest BCUT2D eigenvalue weighted by molar-refractivity contribution is 7.99. The van der Waals surface area contributed by atoms with Gasteiger partial charge in [0.1, 0.15) is 11.5 Å². The van der Waals surface area contributed by atoms with E-state index in [1.807, 2.05) is 24.8 Å². The first-order chi connectivity index (χ1) is 8.74. The molecule has 0 saturated heterocycles. The predicted molar refractivity (Wildman–Crippen MR) is 76.9 cm³/mol. The van der Waals surface area contributed by atoms with E-state index in [0.29, 0.717) is 0 Å². The Morgan fingerprint density at radius 1 is 1.11 bits per heavy atom. The van der Waals surface area contributed by atoms with Crippen LogP contribution >= 0.6 is 11.8 Å². The van der Waals surface area contributed by atoms with Gasteiger partial charge in [-0.2, -0.15) is 0 Å². The predicted octanol–water partition coefficient (Wildman–Crippen LogP) is 3.81. The molecule has 0 aliphatic carbocycles. The van der Waals surface area contributed by atoms with Gasteiger partial charge in [0.15, 0.2) is 0 Å². The highest BCUT2D eigenvalue weighted by Gasteiger charge is 2.04. The molecule has 2 aromatic rings. The third kappa shape index (κ3) is 4.24. The lowest BCUT2D eigenvalue weighted by Gasteiger charge is -2.14. The fourth-order valence-electron chi connectivity index (χ4n) is 1.75. The molecule has 0 fully saturated rings. The van der Waals surface area contributed by atoms with E-state index in [-0.39, 0.29) is 0 Å². The highest BCUT2D eigenvalue weighted by atomic mass is 32.2. The number of aryl methyl sites for hydroxylation is 1. The molecule has 0 amide bonds. The van der Waals surface area contributed by atoms with Gasteiger partial charge in [-0.25, -0.2) is 0 Å². The van der Waals surface area contributed by atoms with Gasteiger partial charge in [-0.15, -0.1) is 11.8 Å². The zero-order valence-electron chi connectivity index (χ0n) is 10.9. The number of furan rings is 1. The van der Waals surface area contributed by atoms with E-state index in [9.17, 15) is 0 Å². The fraction of sp³-hybridized carbons (Fsp3) is 0.333. The Bertz CT molecular complexity index is 466. The molecule has 1 heterocycles. The zero-order valence-corrected chi connectivity index (χ0v) is 11.7. The molecular weight excluding hydrogens is 242 g/mol. The lowest BCUT2D eigenvalue weighted by Crippen LogP contribution is -2.20. The first-order valence-corrected chi connectivity index (χ1v) is 7.14. The molecule has 0 saturated carbocycles. The Hall–Kier alpha value is -1.19. The van der Waals surface area contributed by atoms with Gasteiger partial charge < -0.3 is 4.42 Å². The van der Waals surface area contributed by atoms with Gasteiger partial charge in [-0.1, -0.05) is 18.2 Å². The van der Waals surface area contributed by atoms with E-state index in [1.54, 1.807) is 0 Å². The third-order valence-corrected chi connectivity index (χ3v) is 3.70. The number of benzene rings is 1. The summed E-state index contributed by atoms with van der Waals surface area (Å²) >= 11 is 1.89. The fourth-order valence-corrected chi connectivity index (χ4v) is 2.74. The normalized spacial score (nSPS) is 11.1.